The number of aromatic nitrogens is 4. The summed E-state index contributed by atoms with van der Waals surface area (Å²) in [6, 6.07) is 0.457. The average Bonchev–Trinajstić information content (AvgIpc) is 2.45. The topological polar surface area (TPSA) is 55.6 Å². The minimum absolute atomic E-state index is 0.380. The van der Waals surface area contributed by atoms with Crippen LogP contribution in [0.15, 0.2) is 0 Å². The molecule has 0 radical (unpaired) electrons. The van der Waals surface area contributed by atoms with Crippen molar-refractivity contribution in [2.45, 2.75) is 53.0 Å². The van der Waals surface area contributed by atoms with E-state index >= 15 is 0 Å². The molecule has 0 aliphatic heterocycles. The van der Waals surface area contributed by atoms with Crippen LogP contribution in [0.1, 0.15) is 47.0 Å². The molecule has 2 rings (SSSR count). The van der Waals surface area contributed by atoms with E-state index in [1.807, 2.05) is 7.05 Å². The van der Waals surface area contributed by atoms with Gasteiger partial charge in [0.05, 0.1) is 0 Å². The molecule has 1 aliphatic rings. The Kier molecular flexibility index (Phi) is 2.87. The molecule has 1 N–H and O–H groups in total. The zero-order valence-electron chi connectivity index (χ0n) is 11.5. The fraction of sp³-hybridized carbons (Fsp3) is 0.917. The van der Waals surface area contributed by atoms with E-state index in [4.69, 9.17) is 0 Å². The van der Waals surface area contributed by atoms with Crippen molar-refractivity contribution in [3.05, 3.63) is 0 Å². The lowest BCUT2D eigenvalue weighted by molar-refractivity contribution is 0.105. The lowest BCUT2D eigenvalue weighted by atomic mass is 9.63. The molecular weight excluding hydrogens is 214 g/mol. The fourth-order valence-corrected chi connectivity index (χ4v) is 3.48. The lowest BCUT2D eigenvalue weighted by Crippen LogP contribution is -2.40. The van der Waals surface area contributed by atoms with Crippen LogP contribution in [0.2, 0.25) is 0 Å². The van der Waals surface area contributed by atoms with Gasteiger partial charge in [0.1, 0.15) is 0 Å². The van der Waals surface area contributed by atoms with Gasteiger partial charge in [-0.15, -0.1) is 0 Å². The minimum Gasteiger partial charge on any atom is -0.350 e. The summed E-state index contributed by atoms with van der Waals surface area (Å²) in [5, 5.41) is 15.0. The van der Waals surface area contributed by atoms with Crippen molar-refractivity contribution >= 4 is 5.95 Å². The number of anilines is 1. The van der Waals surface area contributed by atoms with Crippen molar-refractivity contribution in [1.82, 2.24) is 20.2 Å². The van der Waals surface area contributed by atoms with E-state index in [2.05, 4.69) is 48.5 Å². The molecule has 0 aromatic carbocycles. The molecular formula is C12H23N5. The van der Waals surface area contributed by atoms with E-state index in [1.54, 1.807) is 4.68 Å². The smallest absolute Gasteiger partial charge is 0.242 e. The van der Waals surface area contributed by atoms with Gasteiger partial charge in [-0.3, -0.25) is 0 Å². The summed E-state index contributed by atoms with van der Waals surface area (Å²) in [6.07, 6.45) is 3.61. The van der Waals surface area contributed by atoms with Crippen molar-refractivity contribution in [3.63, 3.8) is 0 Å². The van der Waals surface area contributed by atoms with Gasteiger partial charge < -0.3 is 5.32 Å². The van der Waals surface area contributed by atoms with E-state index in [-0.39, 0.29) is 0 Å². The summed E-state index contributed by atoms with van der Waals surface area (Å²) in [4.78, 5) is 0. The Hall–Kier alpha value is -1.13. The number of hydrogen-bond acceptors (Lipinski definition) is 4. The molecule has 1 aliphatic carbocycles. The highest BCUT2D eigenvalue weighted by molar-refractivity contribution is 5.24. The summed E-state index contributed by atoms with van der Waals surface area (Å²) in [5.41, 5.74) is 0.761. The molecule has 1 saturated carbocycles. The van der Waals surface area contributed by atoms with Crippen LogP contribution in [0.25, 0.3) is 0 Å². The quantitative estimate of drug-likeness (QED) is 0.857. The monoisotopic (exact) mass is 237 g/mol. The van der Waals surface area contributed by atoms with Crippen LogP contribution >= 0.6 is 0 Å². The summed E-state index contributed by atoms with van der Waals surface area (Å²) in [6.45, 7) is 9.38. The van der Waals surface area contributed by atoms with Crippen LogP contribution in [0, 0.1) is 10.8 Å². The van der Waals surface area contributed by atoms with Crippen LogP contribution < -0.4 is 5.32 Å². The number of hydrogen-bond donors (Lipinski definition) is 1. The molecule has 0 bridgehead atoms. The van der Waals surface area contributed by atoms with Gasteiger partial charge in [-0.1, -0.05) is 32.8 Å². The second kappa shape index (κ2) is 3.96. The van der Waals surface area contributed by atoms with Crippen molar-refractivity contribution in [1.29, 1.82) is 0 Å². The highest BCUT2D eigenvalue weighted by atomic mass is 15.6. The Labute approximate surface area is 103 Å². The molecule has 1 aromatic heterocycles. The highest BCUT2D eigenvalue weighted by Gasteiger charge is 2.38. The van der Waals surface area contributed by atoms with Gasteiger partial charge in [-0.05, 0) is 40.5 Å². The molecule has 1 fully saturated rings. The van der Waals surface area contributed by atoms with E-state index in [1.165, 1.54) is 19.3 Å². The zero-order chi connectivity index (χ0) is 12.7. The third-order valence-electron chi connectivity index (χ3n) is 3.51. The Bertz CT molecular complexity index is 377. The van der Waals surface area contributed by atoms with Crippen LogP contribution in [0.3, 0.4) is 0 Å². The van der Waals surface area contributed by atoms with Crippen molar-refractivity contribution in [3.8, 4) is 0 Å². The predicted octanol–water partition coefficient (Wildman–Crippen LogP) is 2.23. The number of nitrogens with zero attached hydrogens (tertiary/aromatic N) is 4. The molecule has 0 amide bonds. The molecule has 5 nitrogen and oxygen atoms in total. The molecule has 96 valence electrons. The van der Waals surface area contributed by atoms with Crippen LogP contribution in [0.5, 0.6) is 0 Å². The van der Waals surface area contributed by atoms with Crippen LogP contribution in [-0.2, 0) is 7.05 Å². The van der Waals surface area contributed by atoms with E-state index in [0.717, 1.165) is 5.95 Å². The number of nitrogens with one attached hydrogen (secondary N) is 1. The standard InChI is InChI=1S/C12H23N5/c1-11(2)6-9(7-12(3,4)8-11)13-10-14-15-16-17(10)5/h9H,6-8H2,1-5H3,(H,13,14,16). The van der Waals surface area contributed by atoms with Crippen molar-refractivity contribution in [2.75, 3.05) is 5.32 Å². The van der Waals surface area contributed by atoms with E-state index in [0.29, 0.717) is 16.9 Å². The third-order valence-corrected chi connectivity index (χ3v) is 3.51. The largest absolute Gasteiger partial charge is 0.350 e. The van der Waals surface area contributed by atoms with Gasteiger partial charge in [-0.2, -0.15) is 0 Å². The first-order valence-electron chi connectivity index (χ1n) is 6.26. The Balaban J connectivity index is 2.09. The molecule has 0 saturated heterocycles. The fourth-order valence-electron chi connectivity index (χ4n) is 3.48. The maximum atomic E-state index is 4.00. The van der Waals surface area contributed by atoms with Gasteiger partial charge in [-0.25, -0.2) is 4.68 Å². The molecule has 0 unspecified atom stereocenters. The number of aryl methyl sites for hydroxylation is 1. The van der Waals surface area contributed by atoms with Crippen molar-refractivity contribution < 1.29 is 0 Å². The van der Waals surface area contributed by atoms with Crippen molar-refractivity contribution in [2.24, 2.45) is 17.9 Å². The minimum atomic E-state index is 0.380. The summed E-state index contributed by atoms with van der Waals surface area (Å²) in [7, 11) is 1.86. The first-order chi connectivity index (χ1) is 7.77. The summed E-state index contributed by atoms with van der Waals surface area (Å²) < 4.78 is 1.69. The number of tetrazole rings is 1. The van der Waals surface area contributed by atoms with Gasteiger partial charge >= 0.3 is 0 Å². The van der Waals surface area contributed by atoms with E-state index in [9.17, 15) is 0 Å². The second-order valence-corrected chi connectivity index (χ2v) is 6.88. The van der Waals surface area contributed by atoms with Gasteiger partial charge in [0.15, 0.2) is 0 Å². The Morgan fingerprint density at radius 3 is 2.24 bits per heavy atom. The Morgan fingerprint density at radius 1 is 1.18 bits per heavy atom. The lowest BCUT2D eigenvalue weighted by Gasteiger charge is -2.45. The molecule has 1 heterocycles. The first kappa shape index (κ1) is 12.3. The van der Waals surface area contributed by atoms with Crippen LogP contribution in [-0.4, -0.2) is 26.2 Å². The predicted molar refractivity (Wildman–Crippen MR) is 67.6 cm³/mol. The second-order valence-electron chi connectivity index (χ2n) is 6.88. The molecule has 17 heavy (non-hydrogen) atoms. The number of rotatable bonds is 2. The van der Waals surface area contributed by atoms with E-state index < -0.39 is 0 Å². The maximum absolute atomic E-state index is 4.00. The van der Waals surface area contributed by atoms with Gasteiger partial charge in [0.25, 0.3) is 0 Å². The SMILES string of the molecule is Cn1nnnc1NC1CC(C)(C)CC(C)(C)C1. The van der Waals surface area contributed by atoms with Gasteiger partial charge in [0, 0.05) is 13.1 Å². The van der Waals surface area contributed by atoms with Crippen LogP contribution in [0.4, 0.5) is 5.95 Å². The highest BCUT2D eigenvalue weighted by Crippen LogP contribution is 2.46. The van der Waals surface area contributed by atoms with Gasteiger partial charge in [0.2, 0.25) is 5.95 Å². The summed E-state index contributed by atoms with van der Waals surface area (Å²) >= 11 is 0. The molecule has 5 heteroatoms. The third kappa shape index (κ3) is 2.96. The Morgan fingerprint density at radius 2 is 1.76 bits per heavy atom. The maximum Gasteiger partial charge on any atom is 0.242 e. The first-order valence-corrected chi connectivity index (χ1v) is 6.26. The summed E-state index contributed by atoms with van der Waals surface area (Å²) in [5.74, 6) is 0.767. The molecule has 0 spiro atoms. The normalized spacial score (nSPS) is 23.6. The molecule has 1 aromatic rings. The average molecular weight is 237 g/mol. The molecule has 0 atom stereocenters. The zero-order valence-corrected chi connectivity index (χ0v) is 11.5.